The number of hydrogen-bond donors (Lipinski definition) is 0. The molecule has 154 valence electrons. The summed E-state index contributed by atoms with van der Waals surface area (Å²) in [5, 5.41) is 0. The molecular weight excluding hydrogens is 366 g/mol. The second-order valence-electron chi connectivity index (χ2n) is 7.76. The number of rotatable bonds is 7. The van der Waals surface area contributed by atoms with Crippen molar-refractivity contribution in [3.8, 4) is 11.5 Å². The van der Waals surface area contributed by atoms with E-state index in [1.165, 1.54) is 5.56 Å². The van der Waals surface area contributed by atoms with Crippen molar-refractivity contribution < 1.29 is 19.1 Å². The summed E-state index contributed by atoms with van der Waals surface area (Å²) in [6.07, 6.45) is 1.36. The zero-order chi connectivity index (χ0) is 20.8. The number of amides is 1. The highest BCUT2D eigenvalue weighted by atomic mass is 16.5. The van der Waals surface area contributed by atoms with Gasteiger partial charge in [0.25, 0.3) is 5.91 Å². The SMILES string of the molecule is COc1ccc(C(=O)C2CCN(C(=O)COc3ccc(C(C)C)cc3)CC2)cc1. The number of benzene rings is 2. The molecule has 1 amide bonds. The standard InChI is InChI=1S/C24H29NO4/c1-17(2)18-4-10-22(11-5-18)29-16-23(26)25-14-12-20(13-15-25)24(27)19-6-8-21(28-3)9-7-19/h4-11,17,20H,12-16H2,1-3H3. The minimum absolute atomic E-state index is 0.0259. The van der Waals surface area contributed by atoms with Gasteiger partial charge in [-0.25, -0.2) is 0 Å². The predicted octanol–water partition coefficient (Wildman–Crippen LogP) is 4.32. The lowest BCUT2D eigenvalue weighted by molar-refractivity contribution is -0.134. The quantitative estimate of drug-likeness (QED) is 0.655. The summed E-state index contributed by atoms with van der Waals surface area (Å²) in [6, 6.07) is 15.1. The van der Waals surface area contributed by atoms with Crippen LogP contribution in [0.1, 0.15) is 48.5 Å². The summed E-state index contributed by atoms with van der Waals surface area (Å²) in [5.41, 5.74) is 1.94. The van der Waals surface area contributed by atoms with Crippen molar-refractivity contribution >= 4 is 11.7 Å². The first-order valence-corrected chi connectivity index (χ1v) is 10.2. The van der Waals surface area contributed by atoms with Crippen LogP contribution in [0.3, 0.4) is 0 Å². The maximum absolute atomic E-state index is 12.7. The van der Waals surface area contributed by atoms with E-state index in [9.17, 15) is 9.59 Å². The lowest BCUT2D eigenvalue weighted by Crippen LogP contribution is -2.42. The average molecular weight is 395 g/mol. The Labute approximate surface area is 172 Å². The van der Waals surface area contributed by atoms with Crippen LogP contribution < -0.4 is 9.47 Å². The molecule has 29 heavy (non-hydrogen) atoms. The molecule has 1 aliphatic heterocycles. The Kier molecular flexibility index (Phi) is 6.91. The zero-order valence-corrected chi connectivity index (χ0v) is 17.4. The smallest absolute Gasteiger partial charge is 0.260 e. The van der Waals surface area contributed by atoms with E-state index in [0.717, 1.165) is 5.75 Å². The summed E-state index contributed by atoms with van der Waals surface area (Å²) >= 11 is 0. The normalized spacial score (nSPS) is 14.7. The Morgan fingerprint density at radius 1 is 0.966 bits per heavy atom. The van der Waals surface area contributed by atoms with Crippen LogP contribution in [0, 0.1) is 5.92 Å². The van der Waals surface area contributed by atoms with E-state index < -0.39 is 0 Å². The van der Waals surface area contributed by atoms with E-state index in [1.807, 2.05) is 24.3 Å². The van der Waals surface area contributed by atoms with Crippen molar-refractivity contribution in [2.75, 3.05) is 26.8 Å². The Morgan fingerprint density at radius 2 is 1.55 bits per heavy atom. The maximum atomic E-state index is 12.7. The van der Waals surface area contributed by atoms with Gasteiger partial charge in [0, 0.05) is 24.6 Å². The lowest BCUT2D eigenvalue weighted by atomic mass is 9.89. The van der Waals surface area contributed by atoms with Crippen LogP contribution in [0.15, 0.2) is 48.5 Å². The van der Waals surface area contributed by atoms with E-state index >= 15 is 0 Å². The van der Waals surface area contributed by atoms with Crippen LogP contribution in [-0.4, -0.2) is 43.4 Å². The molecule has 1 saturated heterocycles. The van der Waals surface area contributed by atoms with Gasteiger partial charge in [-0.1, -0.05) is 26.0 Å². The van der Waals surface area contributed by atoms with E-state index in [1.54, 1.807) is 36.3 Å². The summed E-state index contributed by atoms with van der Waals surface area (Å²) in [7, 11) is 1.61. The molecule has 1 fully saturated rings. The second-order valence-corrected chi connectivity index (χ2v) is 7.76. The zero-order valence-electron chi connectivity index (χ0n) is 17.4. The van der Waals surface area contributed by atoms with Gasteiger partial charge in [-0.2, -0.15) is 0 Å². The van der Waals surface area contributed by atoms with Crippen molar-refractivity contribution in [2.24, 2.45) is 5.92 Å². The van der Waals surface area contributed by atoms with Crippen molar-refractivity contribution in [2.45, 2.75) is 32.6 Å². The number of hydrogen-bond acceptors (Lipinski definition) is 4. The molecule has 0 unspecified atom stereocenters. The molecule has 1 heterocycles. The molecule has 0 spiro atoms. The highest BCUT2D eigenvalue weighted by Gasteiger charge is 2.28. The number of ether oxygens (including phenoxy) is 2. The third kappa shape index (κ3) is 5.37. The average Bonchev–Trinajstić information content (AvgIpc) is 2.77. The first-order valence-electron chi connectivity index (χ1n) is 10.2. The van der Waals surface area contributed by atoms with Gasteiger partial charge in [-0.3, -0.25) is 9.59 Å². The number of nitrogens with zero attached hydrogens (tertiary/aromatic N) is 1. The number of Topliss-reactive ketones (excluding diaryl/α,β-unsaturated/α-hetero) is 1. The van der Waals surface area contributed by atoms with Crippen LogP contribution in [0.2, 0.25) is 0 Å². The third-order valence-electron chi connectivity index (χ3n) is 5.50. The minimum Gasteiger partial charge on any atom is -0.497 e. The number of piperidine rings is 1. The van der Waals surface area contributed by atoms with Gasteiger partial charge >= 0.3 is 0 Å². The van der Waals surface area contributed by atoms with Gasteiger partial charge in [0.15, 0.2) is 12.4 Å². The molecule has 0 atom stereocenters. The van der Waals surface area contributed by atoms with E-state index in [2.05, 4.69) is 13.8 Å². The van der Waals surface area contributed by atoms with Gasteiger partial charge in [-0.15, -0.1) is 0 Å². The molecule has 0 N–H and O–H groups in total. The highest BCUT2D eigenvalue weighted by molar-refractivity contribution is 5.98. The summed E-state index contributed by atoms with van der Waals surface area (Å²) in [5.74, 6) is 1.97. The van der Waals surface area contributed by atoms with Crippen LogP contribution in [0.5, 0.6) is 11.5 Å². The van der Waals surface area contributed by atoms with E-state index in [0.29, 0.717) is 43.2 Å². The van der Waals surface area contributed by atoms with Crippen molar-refractivity contribution in [1.29, 1.82) is 0 Å². The van der Waals surface area contributed by atoms with E-state index in [-0.39, 0.29) is 24.2 Å². The topological polar surface area (TPSA) is 55.8 Å². The Morgan fingerprint density at radius 3 is 2.10 bits per heavy atom. The van der Waals surface area contributed by atoms with Crippen LogP contribution >= 0.6 is 0 Å². The van der Waals surface area contributed by atoms with Gasteiger partial charge in [0.2, 0.25) is 0 Å². The Balaban J connectivity index is 1.46. The monoisotopic (exact) mass is 395 g/mol. The number of carbonyl (C=O) groups excluding carboxylic acids is 2. The molecule has 1 aliphatic rings. The molecule has 0 saturated carbocycles. The largest absolute Gasteiger partial charge is 0.497 e. The van der Waals surface area contributed by atoms with Gasteiger partial charge in [0.1, 0.15) is 11.5 Å². The lowest BCUT2D eigenvalue weighted by Gasteiger charge is -2.31. The first-order chi connectivity index (χ1) is 14.0. The predicted molar refractivity (Wildman–Crippen MR) is 113 cm³/mol. The molecule has 5 nitrogen and oxygen atoms in total. The Hall–Kier alpha value is -2.82. The fourth-order valence-electron chi connectivity index (χ4n) is 3.57. The van der Waals surface area contributed by atoms with Gasteiger partial charge in [-0.05, 0) is 60.7 Å². The second kappa shape index (κ2) is 9.59. The molecular formula is C24H29NO4. The number of methoxy groups -OCH3 is 1. The summed E-state index contributed by atoms with van der Waals surface area (Å²) in [6.45, 7) is 5.48. The molecule has 0 bridgehead atoms. The van der Waals surface area contributed by atoms with Crippen molar-refractivity contribution in [3.05, 3.63) is 59.7 Å². The fourth-order valence-corrected chi connectivity index (χ4v) is 3.57. The molecule has 0 aliphatic carbocycles. The molecule has 2 aromatic rings. The van der Waals surface area contributed by atoms with Crippen LogP contribution in [0.25, 0.3) is 0 Å². The van der Waals surface area contributed by atoms with Crippen LogP contribution in [0.4, 0.5) is 0 Å². The Bertz CT molecular complexity index is 819. The minimum atomic E-state index is -0.0445. The fraction of sp³-hybridized carbons (Fsp3) is 0.417. The van der Waals surface area contributed by atoms with Crippen molar-refractivity contribution in [1.82, 2.24) is 4.90 Å². The molecule has 2 aromatic carbocycles. The van der Waals surface area contributed by atoms with E-state index in [4.69, 9.17) is 9.47 Å². The summed E-state index contributed by atoms with van der Waals surface area (Å²) < 4.78 is 10.8. The molecule has 0 aromatic heterocycles. The molecule has 5 heteroatoms. The number of carbonyl (C=O) groups is 2. The summed E-state index contributed by atoms with van der Waals surface area (Å²) in [4.78, 5) is 27.0. The third-order valence-corrected chi connectivity index (χ3v) is 5.50. The first kappa shape index (κ1) is 20.9. The number of ketones is 1. The van der Waals surface area contributed by atoms with Crippen molar-refractivity contribution in [3.63, 3.8) is 0 Å². The highest BCUT2D eigenvalue weighted by Crippen LogP contribution is 2.24. The van der Waals surface area contributed by atoms with Crippen LogP contribution in [-0.2, 0) is 4.79 Å². The van der Waals surface area contributed by atoms with Gasteiger partial charge < -0.3 is 14.4 Å². The molecule has 3 rings (SSSR count). The number of likely N-dealkylation sites (tertiary alicyclic amines) is 1. The molecule has 0 radical (unpaired) electrons. The maximum Gasteiger partial charge on any atom is 0.260 e. The van der Waals surface area contributed by atoms with Gasteiger partial charge in [0.05, 0.1) is 7.11 Å².